The zero-order valence-corrected chi connectivity index (χ0v) is 13.1. The molecule has 1 aliphatic heterocycles. The minimum atomic E-state index is -0.432. The van der Waals surface area contributed by atoms with Crippen LogP contribution in [-0.2, 0) is 0 Å². The number of aliphatic hydroxyl groups is 1. The third-order valence-electron chi connectivity index (χ3n) is 5.30. The summed E-state index contributed by atoms with van der Waals surface area (Å²) in [5.41, 5.74) is 0.964. The molecular weight excluding hydrogens is 260 g/mol. The van der Waals surface area contributed by atoms with Crippen LogP contribution in [0.4, 0.5) is 0 Å². The lowest BCUT2D eigenvalue weighted by Gasteiger charge is -2.27. The minimum absolute atomic E-state index is 0.432. The van der Waals surface area contributed by atoms with Crippen molar-refractivity contribution in [1.82, 2.24) is 10.2 Å². The van der Waals surface area contributed by atoms with Crippen LogP contribution in [0.3, 0.4) is 0 Å². The molecule has 21 heavy (non-hydrogen) atoms. The second kappa shape index (κ2) is 6.47. The molecule has 0 radical (unpaired) electrons. The zero-order chi connectivity index (χ0) is 14.7. The van der Waals surface area contributed by atoms with Crippen LogP contribution < -0.4 is 5.32 Å². The van der Waals surface area contributed by atoms with E-state index in [2.05, 4.69) is 47.5 Å². The number of nitrogens with zero attached hydrogens (tertiary/aromatic N) is 1. The van der Waals surface area contributed by atoms with Crippen molar-refractivity contribution in [3.05, 3.63) is 35.9 Å². The molecule has 0 bridgehead atoms. The van der Waals surface area contributed by atoms with Gasteiger partial charge < -0.3 is 10.4 Å². The highest BCUT2D eigenvalue weighted by Gasteiger charge is 2.33. The fourth-order valence-corrected chi connectivity index (χ4v) is 3.79. The number of hydrogen-bond donors (Lipinski definition) is 2. The molecule has 2 unspecified atom stereocenters. The maximum atomic E-state index is 10.4. The van der Waals surface area contributed by atoms with E-state index in [0.29, 0.717) is 12.1 Å². The molecule has 3 nitrogen and oxygen atoms in total. The highest BCUT2D eigenvalue weighted by molar-refractivity contribution is 5.18. The van der Waals surface area contributed by atoms with Gasteiger partial charge in [0, 0.05) is 31.7 Å². The van der Waals surface area contributed by atoms with Crippen molar-refractivity contribution < 1.29 is 5.11 Å². The van der Waals surface area contributed by atoms with Gasteiger partial charge in [-0.25, -0.2) is 0 Å². The second-order valence-corrected chi connectivity index (χ2v) is 6.88. The van der Waals surface area contributed by atoms with Gasteiger partial charge in [0.05, 0.1) is 5.60 Å². The van der Waals surface area contributed by atoms with E-state index in [1.807, 2.05) is 0 Å². The van der Waals surface area contributed by atoms with Gasteiger partial charge in [0.25, 0.3) is 0 Å². The van der Waals surface area contributed by atoms with Crippen molar-refractivity contribution in [2.24, 2.45) is 0 Å². The summed E-state index contributed by atoms with van der Waals surface area (Å²) in [6, 6.07) is 11.8. The fraction of sp³-hybridized carbons (Fsp3) is 0.667. The average molecular weight is 288 g/mol. The van der Waals surface area contributed by atoms with Gasteiger partial charge in [0.2, 0.25) is 0 Å². The third-order valence-corrected chi connectivity index (χ3v) is 5.30. The van der Waals surface area contributed by atoms with Crippen LogP contribution in [0.15, 0.2) is 30.3 Å². The van der Waals surface area contributed by atoms with Gasteiger partial charge in [-0.05, 0) is 31.7 Å². The number of likely N-dealkylation sites (tertiary alicyclic amines) is 1. The molecule has 116 valence electrons. The van der Waals surface area contributed by atoms with Crippen molar-refractivity contribution >= 4 is 0 Å². The van der Waals surface area contributed by atoms with Gasteiger partial charge >= 0.3 is 0 Å². The summed E-state index contributed by atoms with van der Waals surface area (Å²) in [5, 5.41) is 14.0. The number of benzene rings is 1. The lowest BCUT2D eigenvalue weighted by molar-refractivity contribution is 0.0449. The van der Waals surface area contributed by atoms with Crippen molar-refractivity contribution in [3.63, 3.8) is 0 Å². The van der Waals surface area contributed by atoms with Gasteiger partial charge in [-0.2, -0.15) is 0 Å². The Morgan fingerprint density at radius 1 is 1.29 bits per heavy atom. The number of rotatable bonds is 5. The van der Waals surface area contributed by atoms with Crippen LogP contribution in [-0.4, -0.2) is 41.3 Å². The summed E-state index contributed by atoms with van der Waals surface area (Å²) in [7, 11) is 0. The first-order chi connectivity index (χ1) is 10.2. The van der Waals surface area contributed by atoms with Gasteiger partial charge in [0.15, 0.2) is 0 Å². The summed E-state index contributed by atoms with van der Waals surface area (Å²) in [6.45, 7) is 5.30. The monoisotopic (exact) mass is 288 g/mol. The maximum absolute atomic E-state index is 10.4. The summed E-state index contributed by atoms with van der Waals surface area (Å²) in [4.78, 5) is 2.55. The molecule has 1 saturated carbocycles. The predicted octanol–water partition coefficient (Wildman–Crippen LogP) is 2.72. The van der Waals surface area contributed by atoms with Crippen LogP contribution in [0.2, 0.25) is 0 Å². The fourth-order valence-electron chi connectivity index (χ4n) is 3.79. The molecule has 0 aromatic heterocycles. The van der Waals surface area contributed by atoms with Gasteiger partial charge in [-0.1, -0.05) is 43.2 Å². The molecule has 1 heterocycles. The Labute approximate surface area is 128 Å². The lowest BCUT2D eigenvalue weighted by Crippen LogP contribution is -2.43. The van der Waals surface area contributed by atoms with E-state index in [9.17, 15) is 5.11 Å². The molecule has 1 saturated heterocycles. The Kier molecular flexibility index (Phi) is 4.63. The van der Waals surface area contributed by atoms with Crippen molar-refractivity contribution in [2.75, 3.05) is 19.6 Å². The molecule has 1 aliphatic carbocycles. The first-order valence-corrected chi connectivity index (χ1v) is 8.41. The van der Waals surface area contributed by atoms with Gasteiger partial charge in [-0.15, -0.1) is 0 Å². The van der Waals surface area contributed by atoms with Crippen molar-refractivity contribution in [2.45, 2.75) is 56.7 Å². The molecule has 0 spiro atoms. The Bertz CT molecular complexity index is 442. The molecule has 2 N–H and O–H groups in total. The number of hydrogen-bond acceptors (Lipinski definition) is 3. The average Bonchev–Trinajstić information content (AvgIpc) is 3.15. The van der Waals surface area contributed by atoms with Crippen molar-refractivity contribution in [3.8, 4) is 0 Å². The molecule has 3 rings (SSSR count). The summed E-state index contributed by atoms with van der Waals surface area (Å²) in [6.07, 6.45) is 5.49. The first-order valence-electron chi connectivity index (χ1n) is 8.41. The van der Waals surface area contributed by atoms with E-state index in [0.717, 1.165) is 32.5 Å². The van der Waals surface area contributed by atoms with Crippen LogP contribution in [0.25, 0.3) is 0 Å². The summed E-state index contributed by atoms with van der Waals surface area (Å²) >= 11 is 0. The Morgan fingerprint density at radius 2 is 2.00 bits per heavy atom. The summed E-state index contributed by atoms with van der Waals surface area (Å²) < 4.78 is 0. The largest absolute Gasteiger partial charge is 0.389 e. The third kappa shape index (κ3) is 3.65. The molecule has 1 aromatic carbocycles. The normalized spacial score (nSPS) is 27.0. The Hall–Kier alpha value is -0.900. The molecule has 2 fully saturated rings. The van der Waals surface area contributed by atoms with Gasteiger partial charge in [-0.3, -0.25) is 4.90 Å². The molecule has 2 atom stereocenters. The summed E-state index contributed by atoms with van der Waals surface area (Å²) in [5.74, 6) is 0. The Morgan fingerprint density at radius 3 is 2.71 bits per heavy atom. The molecule has 0 amide bonds. The van der Waals surface area contributed by atoms with E-state index in [1.165, 1.54) is 24.8 Å². The van der Waals surface area contributed by atoms with E-state index in [-0.39, 0.29) is 0 Å². The standard InChI is InChI=1S/C18H28N2O/c1-15(16-7-3-2-4-8-16)20-12-9-17(13-20)19-14-18(21)10-5-6-11-18/h2-4,7-8,15,17,19,21H,5-6,9-14H2,1H3. The van der Waals surface area contributed by atoms with E-state index in [4.69, 9.17) is 0 Å². The van der Waals surface area contributed by atoms with Crippen LogP contribution >= 0.6 is 0 Å². The molecule has 3 heteroatoms. The Balaban J connectivity index is 1.49. The quantitative estimate of drug-likeness (QED) is 0.874. The topological polar surface area (TPSA) is 35.5 Å². The molecular formula is C18H28N2O. The highest BCUT2D eigenvalue weighted by Crippen LogP contribution is 2.29. The van der Waals surface area contributed by atoms with E-state index < -0.39 is 5.60 Å². The van der Waals surface area contributed by atoms with E-state index >= 15 is 0 Å². The smallest absolute Gasteiger partial charge is 0.0771 e. The predicted molar refractivity (Wildman–Crippen MR) is 86.3 cm³/mol. The molecule has 2 aliphatic rings. The van der Waals surface area contributed by atoms with Crippen LogP contribution in [0.1, 0.15) is 50.6 Å². The maximum Gasteiger partial charge on any atom is 0.0771 e. The van der Waals surface area contributed by atoms with E-state index in [1.54, 1.807) is 0 Å². The number of nitrogens with one attached hydrogen (secondary N) is 1. The lowest BCUT2D eigenvalue weighted by atomic mass is 10.0. The SMILES string of the molecule is CC(c1ccccc1)N1CCC(NCC2(O)CCCC2)C1. The van der Waals surface area contributed by atoms with Crippen molar-refractivity contribution in [1.29, 1.82) is 0 Å². The van der Waals surface area contributed by atoms with Gasteiger partial charge in [0.1, 0.15) is 0 Å². The first kappa shape index (κ1) is 15.0. The molecule has 1 aromatic rings. The highest BCUT2D eigenvalue weighted by atomic mass is 16.3. The van der Waals surface area contributed by atoms with Crippen LogP contribution in [0, 0.1) is 0 Å². The van der Waals surface area contributed by atoms with Crippen LogP contribution in [0.5, 0.6) is 0 Å². The second-order valence-electron chi connectivity index (χ2n) is 6.88. The zero-order valence-electron chi connectivity index (χ0n) is 13.1. The minimum Gasteiger partial charge on any atom is -0.389 e.